The number of benzene rings is 1. The molecule has 0 unspecified atom stereocenters. The highest BCUT2D eigenvalue weighted by atomic mass is 16.4. The van der Waals surface area contributed by atoms with Gasteiger partial charge in [-0.2, -0.15) is 0 Å². The summed E-state index contributed by atoms with van der Waals surface area (Å²) in [4.78, 5) is 29.2. The Labute approximate surface area is 172 Å². The van der Waals surface area contributed by atoms with Crippen LogP contribution in [0.3, 0.4) is 0 Å². The molecule has 0 atom stereocenters. The highest BCUT2D eigenvalue weighted by molar-refractivity contribution is 6.04. The summed E-state index contributed by atoms with van der Waals surface area (Å²) in [6.07, 6.45) is 2.04. The molecular formula is C22H24N4O4. The maximum absolute atomic E-state index is 12.5. The number of aryl methyl sites for hydroxylation is 1. The van der Waals surface area contributed by atoms with E-state index in [9.17, 15) is 19.8 Å². The minimum absolute atomic E-state index is 0.413. The number of para-hydroxylation sites is 1. The molecule has 3 heterocycles. The van der Waals surface area contributed by atoms with Crippen molar-refractivity contribution in [2.24, 2.45) is 7.05 Å². The summed E-state index contributed by atoms with van der Waals surface area (Å²) in [7, 11) is 2.04. The number of piperazine rings is 1. The van der Waals surface area contributed by atoms with Crippen LogP contribution in [0.5, 0.6) is 5.75 Å². The fourth-order valence-corrected chi connectivity index (χ4v) is 4.99. The number of carbonyl (C=O) groups is 1. The van der Waals surface area contributed by atoms with Crippen LogP contribution in [0.4, 0.5) is 5.69 Å². The molecule has 8 nitrogen and oxygen atoms in total. The molecule has 3 aromatic rings. The molecule has 1 aliphatic heterocycles. The number of hydrogen-bond donors (Lipinski definition) is 4. The Hall–Kier alpha value is -3.26. The number of pyridine rings is 1. The Balaban J connectivity index is 1.82. The number of aromatic hydroxyl groups is 1. The van der Waals surface area contributed by atoms with E-state index in [0.29, 0.717) is 17.7 Å². The summed E-state index contributed by atoms with van der Waals surface area (Å²) < 4.78 is 2.19. The lowest BCUT2D eigenvalue weighted by Crippen LogP contribution is -2.43. The standard InChI is InChI=1S/C22H24N4O4/c1-25-14-6-3-5-13-18(24-21(28)17(20(13)27)22(29)30)16(14)12-4-2-7-15(19(12)25)26-10-8-23-9-11-26/h2,4,7,23H,3,5-6,8-11H2,1H3,(H,29,30)(H2,24,27,28). The third-order valence-electron chi connectivity index (χ3n) is 6.36. The number of nitrogens with one attached hydrogen (secondary N) is 2. The van der Waals surface area contributed by atoms with Gasteiger partial charge in [0.2, 0.25) is 0 Å². The number of rotatable bonds is 2. The zero-order valence-electron chi connectivity index (χ0n) is 16.8. The Kier molecular flexibility index (Phi) is 4.32. The predicted molar refractivity (Wildman–Crippen MR) is 115 cm³/mol. The summed E-state index contributed by atoms with van der Waals surface area (Å²) in [6.45, 7) is 3.71. The van der Waals surface area contributed by atoms with Crippen LogP contribution in [0.1, 0.15) is 28.0 Å². The monoisotopic (exact) mass is 408 g/mol. The lowest BCUT2D eigenvalue weighted by molar-refractivity contribution is 0.0691. The van der Waals surface area contributed by atoms with Crippen molar-refractivity contribution in [3.8, 4) is 17.0 Å². The molecule has 2 aromatic heterocycles. The van der Waals surface area contributed by atoms with E-state index in [4.69, 9.17) is 0 Å². The lowest BCUT2D eigenvalue weighted by Gasteiger charge is -2.30. The molecule has 5 rings (SSSR count). The van der Waals surface area contributed by atoms with Gasteiger partial charge in [0.1, 0.15) is 5.75 Å². The van der Waals surface area contributed by atoms with Gasteiger partial charge in [-0.15, -0.1) is 0 Å². The minimum Gasteiger partial charge on any atom is -0.506 e. The quantitative estimate of drug-likeness (QED) is 0.515. The van der Waals surface area contributed by atoms with Crippen LogP contribution in [0, 0.1) is 0 Å². The molecule has 1 fully saturated rings. The van der Waals surface area contributed by atoms with Gasteiger partial charge in [0, 0.05) is 55.4 Å². The number of anilines is 1. The molecule has 1 saturated heterocycles. The Morgan fingerprint density at radius 3 is 2.67 bits per heavy atom. The average molecular weight is 408 g/mol. The summed E-state index contributed by atoms with van der Waals surface area (Å²) in [5, 5.41) is 24.4. The minimum atomic E-state index is -1.42. The second-order valence-corrected chi connectivity index (χ2v) is 7.98. The van der Waals surface area contributed by atoms with E-state index in [0.717, 1.165) is 66.9 Å². The van der Waals surface area contributed by atoms with Crippen LogP contribution in [0.2, 0.25) is 0 Å². The molecule has 0 amide bonds. The molecular weight excluding hydrogens is 384 g/mol. The predicted octanol–water partition coefficient (Wildman–Crippen LogP) is 1.84. The van der Waals surface area contributed by atoms with Gasteiger partial charge in [-0.25, -0.2) is 4.79 Å². The van der Waals surface area contributed by atoms with E-state index in [-0.39, 0.29) is 0 Å². The van der Waals surface area contributed by atoms with E-state index < -0.39 is 22.8 Å². The summed E-state index contributed by atoms with van der Waals surface area (Å²) in [5.41, 5.74) is 3.91. The Morgan fingerprint density at radius 2 is 1.93 bits per heavy atom. The van der Waals surface area contributed by atoms with Gasteiger partial charge >= 0.3 is 5.97 Å². The van der Waals surface area contributed by atoms with Crippen LogP contribution in [0.15, 0.2) is 23.0 Å². The van der Waals surface area contributed by atoms with Gasteiger partial charge < -0.3 is 30.0 Å². The van der Waals surface area contributed by atoms with Crippen molar-refractivity contribution >= 4 is 22.6 Å². The zero-order valence-corrected chi connectivity index (χ0v) is 16.8. The van der Waals surface area contributed by atoms with Crippen LogP contribution in [-0.4, -0.2) is 51.9 Å². The highest BCUT2D eigenvalue weighted by Gasteiger charge is 2.29. The van der Waals surface area contributed by atoms with Gasteiger partial charge in [0.25, 0.3) is 5.56 Å². The first kappa shape index (κ1) is 18.7. The summed E-state index contributed by atoms with van der Waals surface area (Å²) in [5.74, 6) is -1.83. The number of fused-ring (bicyclic) bond motifs is 5. The van der Waals surface area contributed by atoms with Crippen LogP contribution in [0.25, 0.3) is 22.2 Å². The maximum atomic E-state index is 12.5. The van der Waals surface area contributed by atoms with Gasteiger partial charge in [-0.1, -0.05) is 12.1 Å². The maximum Gasteiger partial charge on any atom is 0.345 e. The van der Waals surface area contributed by atoms with Crippen LogP contribution >= 0.6 is 0 Å². The third-order valence-corrected chi connectivity index (χ3v) is 6.36. The van der Waals surface area contributed by atoms with Crippen molar-refractivity contribution < 1.29 is 15.0 Å². The first-order valence-corrected chi connectivity index (χ1v) is 10.3. The second kappa shape index (κ2) is 6.91. The molecule has 4 N–H and O–H groups in total. The second-order valence-electron chi connectivity index (χ2n) is 7.98. The summed E-state index contributed by atoms with van der Waals surface area (Å²) >= 11 is 0. The zero-order chi connectivity index (χ0) is 21.0. The van der Waals surface area contributed by atoms with Crippen molar-refractivity contribution in [2.75, 3.05) is 31.1 Å². The Bertz CT molecular complexity index is 1230. The number of H-pyrrole nitrogens is 1. The normalized spacial score (nSPS) is 16.2. The van der Waals surface area contributed by atoms with Crippen molar-refractivity contribution in [3.05, 3.63) is 45.4 Å². The van der Waals surface area contributed by atoms with E-state index in [1.807, 2.05) is 19.2 Å². The average Bonchev–Trinajstić information content (AvgIpc) is 2.89. The first-order valence-electron chi connectivity index (χ1n) is 10.3. The van der Waals surface area contributed by atoms with Crippen molar-refractivity contribution in [3.63, 3.8) is 0 Å². The van der Waals surface area contributed by atoms with Gasteiger partial charge in [-0.05, 0) is 25.3 Å². The topological polar surface area (TPSA) is 111 Å². The number of nitrogens with zero attached hydrogens (tertiary/aromatic N) is 2. The lowest BCUT2D eigenvalue weighted by atomic mass is 9.99. The molecule has 30 heavy (non-hydrogen) atoms. The van der Waals surface area contributed by atoms with E-state index in [2.05, 4.69) is 25.8 Å². The third kappa shape index (κ3) is 2.64. The fraction of sp³-hybridized carbons (Fsp3) is 0.364. The van der Waals surface area contributed by atoms with Crippen molar-refractivity contribution in [2.45, 2.75) is 19.3 Å². The number of carboxylic acids is 1. The number of aromatic amines is 1. The molecule has 0 spiro atoms. The largest absolute Gasteiger partial charge is 0.506 e. The molecule has 0 bridgehead atoms. The van der Waals surface area contributed by atoms with Crippen LogP contribution < -0.4 is 15.8 Å². The molecule has 0 radical (unpaired) electrons. The fourth-order valence-electron chi connectivity index (χ4n) is 4.99. The van der Waals surface area contributed by atoms with E-state index in [1.54, 1.807) is 0 Å². The van der Waals surface area contributed by atoms with E-state index in [1.165, 1.54) is 0 Å². The SMILES string of the molecule is Cn1c2c(c3cccc(N4CCNCC4)c31)-c1[nH]c(=O)c(C(=O)O)c(O)c1CCC2. The first-order chi connectivity index (χ1) is 14.5. The van der Waals surface area contributed by atoms with Crippen LogP contribution in [-0.2, 0) is 19.9 Å². The molecule has 156 valence electrons. The molecule has 2 aliphatic rings. The molecule has 1 aromatic carbocycles. The number of hydrogen-bond acceptors (Lipinski definition) is 5. The van der Waals surface area contributed by atoms with Crippen molar-refractivity contribution in [1.29, 1.82) is 0 Å². The van der Waals surface area contributed by atoms with Gasteiger partial charge in [0.15, 0.2) is 5.56 Å². The summed E-state index contributed by atoms with van der Waals surface area (Å²) in [6, 6.07) is 6.19. The highest BCUT2D eigenvalue weighted by Crippen LogP contribution is 2.43. The smallest absolute Gasteiger partial charge is 0.345 e. The van der Waals surface area contributed by atoms with Crippen molar-refractivity contribution in [1.82, 2.24) is 14.9 Å². The van der Waals surface area contributed by atoms with Gasteiger partial charge in [-0.3, -0.25) is 4.79 Å². The number of aromatic nitrogens is 2. The molecule has 8 heteroatoms. The number of aromatic carboxylic acids is 1. The molecule has 1 aliphatic carbocycles. The van der Waals surface area contributed by atoms with E-state index >= 15 is 0 Å². The molecule has 0 saturated carbocycles. The Morgan fingerprint density at radius 1 is 1.17 bits per heavy atom. The number of carboxylic acid groups (broad SMARTS) is 1. The van der Waals surface area contributed by atoms with Gasteiger partial charge in [0.05, 0.1) is 16.9 Å².